The summed E-state index contributed by atoms with van der Waals surface area (Å²) in [5.74, 6) is -6.42. The van der Waals surface area contributed by atoms with Crippen molar-refractivity contribution in [2.45, 2.75) is 63.5 Å². The lowest BCUT2D eigenvalue weighted by atomic mass is 9.83. The SMILES string of the molecule is CN1C(=O)[C@@H](NC(=O)[C@H](CCC(F)(F)F)[C@H](CCC(F)(F)F)C(=O)NCN2CCCCC2)N=C(c2ccccc2)c2ccccc21. The van der Waals surface area contributed by atoms with Gasteiger partial charge in [0.2, 0.25) is 18.0 Å². The molecule has 1 fully saturated rings. The largest absolute Gasteiger partial charge is 0.389 e. The van der Waals surface area contributed by atoms with E-state index in [9.17, 15) is 40.7 Å². The van der Waals surface area contributed by atoms with Crippen LogP contribution in [-0.2, 0) is 14.4 Å². The molecular formula is C32H37F6N5O3. The number of carbonyl (C=O) groups is 3. The molecule has 3 atom stereocenters. The van der Waals surface area contributed by atoms with Crippen molar-refractivity contribution in [2.75, 3.05) is 31.7 Å². The van der Waals surface area contributed by atoms with E-state index >= 15 is 0 Å². The summed E-state index contributed by atoms with van der Waals surface area (Å²) in [6, 6.07) is 15.5. The maximum absolute atomic E-state index is 13.8. The van der Waals surface area contributed by atoms with Crippen LogP contribution in [-0.4, -0.2) is 73.7 Å². The van der Waals surface area contributed by atoms with Gasteiger partial charge in [0, 0.05) is 42.9 Å². The molecule has 3 amide bonds. The molecule has 2 aromatic rings. The van der Waals surface area contributed by atoms with E-state index in [0.717, 1.165) is 19.3 Å². The maximum Gasteiger partial charge on any atom is 0.389 e. The molecule has 4 rings (SSSR count). The van der Waals surface area contributed by atoms with Gasteiger partial charge in [-0.3, -0.25) is 19.3 Å². The summed E-state index contributed by atoms with van der Waals surface area (Å²) >= 11 is 0. The minimum Gasteiger partial charge on any atom is -0.343 e. The zero-order chi connectivity index (χ0) is 33.5. The molecule has 0 spiro atoms. The number of amides is 3. The summed E-state index contributed by atoms with van der Waals surface area (Å²) < 4.78 is 80.3. The van der Waals surface area contributed by atoms with Gasteiger partial charge in [-0.15, -0.1) is 0 Å². The number of aliphatic imine (C=N–C) groups is 1. The number of carbonyl (C=O) groups excluding carboxylic acids is 3. The normalized spacial score (nSPS) is 19.0. The van der Waals surface area contributed by atoms with E-state index < -0.39 is 73.8 Å². The third-order valence-electron chi connectivity index (χ3n) is 8.23. The van der Waals surface area contributed by atoms with Crippen LogP contribution < -0.4 is 15.5 Å². The van der Waals surface area contributed by atoms with Crippen molar-refractivity contribution in [3.8, 4) is 0 Å². The van der Waals surface area contributed by atoms with Crippen LogP contribution >= 0.6 is 0 Å². The van der Waals surface area contributed by atoms with Crippen LogP contribution in [0.15, 0.2) is 59.6 Å². The molecule has 250 valence electrons. The van der Waals surface area contributed by atoms with Crippen LogP contribution in [0.1, 0.15) is 56.1 Å². The number of benzene rings is 2. The lowest BCUT2D eigenvalue weighted by molar-refractivity contribution is -0.153. The fourth-order valence-corrected chi connectivity index (χ4v) is 5.79. The Morgan fingerprint density at radius 3 is 2.02 bits per heavy atom. The van der Waals surface area contributed by atoms with Crippen molar-refractivity contribution in [1.82, 2.24) is 15.5 Å². The van der Waals surface area contributed by atoms with Gasteiger partial charge in [0.1, 0.15) is 0 Å². The summed E-state index contributed by atoms with van der Waals surface area (Å²) in [6.07, 6.45) is -13.3. The molecule has 2 heterocycles. The number of alkyl halides is 6. The molecule has 2 aliphatic rings. The van der Waals surface area contributed by atoms with Crippen molar-refractivity contribution in [3.05, 3.63) is 65.7 Å². The van der Waals surface area contributed by atoms with Crippen LogP contribution in [0.4, 0.5) is 32.0 Å². The highest BCUT2D eigenvalue weighted by Crippen LogP contribution is 2.34. The van der Waals surface area contributed by atoms with Crippen LogP contribution in [0.5, 0.6) is 0 Å². The first-order valence-corrected chi connectivity index (χ1v) is 15.2. The molecule has 46 heavy (non-hydrogen) atoms. The number of piperidine rings is 1. The lowest BCUT2D eigenvalue weighted by Gasteiger charge is -2.30. The van der Waals surface area contributed by atoms with Gasteiger partial charge in [-0.1, -0.05) is 55.0 Å². The Hall–Kier alpha value is -3.94. The number of para-hydroxylation sites is 1. The number of anilines is 1. The Labute approximate surface area is 263 Å². The first-order chi connectivity index (χ1) is 21.7. The number of nitrogens with zero attached hydrogens (tertiary/aromatic N) is 3. The molecule has 2 aromatic carbocycles. The quantitative estimate of drug-likeness (QED) is 0.317. The van der Waals surface area contributed by atoms with Crippen molar-refractivity contribution >= 4 is 29.1 Å². The van der Waals surface area contributed by atoms with Crippen molar-refractivity contribution in [1.29, 1.82) is 0 Å². The first kappa shape index (κ1) is 34.9. The van der Waals surface area contributed by atoms with Crippen molar-refractivity contribution in [3.63, 3.8) is 0 Å². The number of fused-ring (bicyclic) bond motifs is 1. The van der Waals surface area contributed by atoms with E-state index in [0.29, 0.717) is 35.6 Å². The summed E-state index contributed by atoms with van der Waals surface area (Å²) in [5.41, 5.74) is 1.92. The highest BCUT2D eigenvalue weighted by atomic mass is 19.4. The fraction of sp³-hybridized carbons (Fsp3) is 0.500. The van der Waals surface area contributed by atoms with Gasteiger partial charge in [0.05, 0.1) is 18.1 Å². The Morgan fingerprint density at radius 2 is 1.41 bits per heavy atom. The lowest BCUT2D eigenvalue weighted by Crippen LogP contribution is -2.51. The molecule has 14 heteroatoms. The van der Waals surface area contributed by atoms with Gasteiger partial charge in [-0.2, -0.15) is 26.3 Å². The Morgan fingerprint density at radius 1 is 0.848 bits per heavy atom. The summed E-state index contributed by atoms with van der Waals surface area (Å²) in [6.45, 7) is 1.28. The predicted octanol–water partition coefficient (Wildman–Crippen LogP) is 5.42. The Balaban J connectivity index is 1.67. The highest BCUT2D eigenvalue weighted by molar-refractivity contribution is 6.20. The van der Waals surface area contributed by atoms with Gasteiger partial charge < -0.3 is 15.5 Å². The van der Waals surface area contributed by atoms with Gasteiger partial charge in [0.15, 0.2) is 0 Å². The maximum atomic E-state index is 13.8. The smallest absolute Gasteiger partial charge is 0.343 e. The van der Waals surface area contributed by atoms with Gasteiger partial charge in [-0.25, -0.2) is 4.99 Å². The molecule has 1 saturated heterocycles. The van der Waals surface area contributed by atoms with E-state index in [1.54, 1.807) is 54.6 Å². The van der Waals surface area contributed by atoms with Crippen LogP contribution in [0.25, 0.3) is 0 Å². The summed E-state index contributed by atoms with van der Waals surface area (Å²) in [4.78, 5) is 48.4. The third kappa shape index (κ3) is 9.54. The van der Waals surface area contributed by atoms with Crippen molar-refractivity contribution in [2.24, 2.45) is 16.8 Å². The monoisotopic (exact) mass is 653 g/mol. The van der Waals surface area contributed by atoms with Gasteiger partial charge in [0.25, 0.3) is 5.91 Å². The van der Waals surface area contributed by atoms with Crippen molar-refractivity contribution < 1.29 is 40.7 Å². The second-order valence-electron chi connectivity index (χ2n) is 11.6. The molecule has 8 nitrogen and oxygen atoms in total. The van der Waals surface area contributed by atoms with E-state index in [2.05, 4.69) is 15.6 Å². The topological polar surface area (TPSA) is 94.1 Å². The van der Waals surface area contributed by atoms with E-state index in [4.69, 9.17) is 0 Å². The molecule has 0 bridgehead atoms. The van der Waals surface area contributed by atoms with E-state index in [1.807, 2.05) is 4.90 Å². The standard InChI is InChI=1S/C32H37F6N5O3/c1-42-25-13-7-6-12-24(25)26(21-10-4-2-5-11-21)40-27(30(42)46)41-29(45)23(15-17-32(36,37)38)22(14-16-31(33,34)35)28(44)39-20-43-18-8-3-9-19-43/h2,4-7,10-13,22-23,27H,3,8-9,14-20H2,1H3,(H,39,44)(H,41,45)/t22-,23+,27+/m0/s1. The second kappa shape index (κ2) is 15.1. The number of halogens is 6. The van der Waals surface area contributed by atoms with Crippen LogP contribution in [0.3, 0.4) is 0 Å². The zero-order valence-electron chi connectivity index (χ0n) is 25.3. The molecule has 0 saturated carbocycles. The average Bonchev–Trinajstić information content (AvgIpc) is 3.12. The van der Waals surface area contributed by atoms with E-state index in [-0.39, 0.29) is 6.67 Å². The number of nitrogens with one attached hydrogen (secondary N) is 2. The number of rotatable bonds is 11. The number of benzodiazepines with no additional fused rings is 1. The number of hydrogen-bond acceptors (Lipinski definition) is 5. The van der Waals surface area contributed by atoms with Gasteiger partial charge in [-0.05, 0) is 44.8 Å². The Bertz CT molecular complexity index is 1390. The fourth-order valence-electron chi connectivity index (χ4n) is 5.79. The van der Waals surface area contributed by atoms with Crippen LogP contribution in [0.2, 0.25) is 0 Å². The number of likely N-dealkylation sites (N-methyl/N-ethyl adjacent to an activating group) is 1. The van der Waals surface area contributed by atoms with E-state index in [1.165, 1.54) is 11.9 Å². The molecule has 0 aliphatic carbocycles. The molecular weight excluding hydrogens is 616 g/mol. The molecule has 2 N–H and O–H groups in total. The number of likely N-dealkylation sites (tertiary alicyclic amines) is 1. The molecule has 0 aromatic heterocycles. The molecule has 0 unspecified atom stereocenters. The minimum atomic E-state index is -4.75. The molecule has 0 radical (unpaired) electrons. The summed E-state index contributed by atoms with van der Waals surface area (Å²) in [7, 11) is 1.45. The summed E-state index contributed by atoms with van der Waals surface area (Å²) in [5, 5.41) is 4.94. The molecule has 2 aliphatic heterocycles. The second-order valence-corrected chi connectivity index (χ2v) is 11.6. The Kier molecular flexibility index (Phi) is 11.5. The first-order valence-electron chi connectivity index (χ1n) is 15.2. The average molecular weight is 654 g/mol. The highest BCUT2D eigenvalue weighted by Gasteiger charge is 2.41. The minimum absolute atomic E-state index is 0.0101. The predicted molar refractivity (Wildman–Crippen MR) is 160 cm³/mol. The zero-order valence-corrected chi connectivity index (χ0v) is 25.3. The van der Waals surface area contributed by atoms with Crippen LogP contribution in [0, 0.1) is 11.8 Å². The third-order valence-corrected chi connectivity index (χ3v) is 8.23. The number of hydrogen-bond donors (Lipinski definition) is 2. The van der Waals surface area contributed by atoms with Gasteiger partial charge >= 0.3 is 12.4 Å².